The normalized spacial score (nSPS) is 11.4. The Bertz CT molecular complexity index is 992. The molecule has 0 aromatic heterocycles. The zero-order valence-corrected chi connectivity index (χ0v) is 18.9. The van der Waals surface area contributed by atoms with E-state index in [1.807, 2.05) is 13.8 Å². The summed E-state index contributed by atoms with van der Waals surface area (Å²) in [4.78, 5) is 14.7. The molecule has 2 aromatic carbocycles. The highest BCUT2D eigenvalue weighted by atomic mass is 35.5. The molecule has 0 radical (unpaired) electrons. The number of carbonyl (C=O) groups excluding carboxylic acids is 1. The Hall–Kier alpha value is -1.96. The van der Waals surface area contributed by atoms with E-state index in [1.54, 1.807) is 35.2 Å². The summed E-state index contributed by atoms with van der Waals surface area (Å²) in [7, 11) is -2.30. The molecule has 2 aromatic rings. The Morgan fingerprint density at radius 1 is 1.10 bits per heavy atom. The van der Waals surface area contributed by atoms with Gasteiger partial charge in [-0.2, -0.15) is 8.42 Å². The van der Waals surface area contributed by atoms with Gasteiger partial charge in [-0.05, 0) is 56.7 Å². The van der Waals surface area contributed by atoms with Gasteiger partial charge in [0.15, 0.2) is 11.5 Å². The summed E-state index contributed by atoms with van der Waals surface area (Å²) in [5.74, 6) is -0.0749. The maximum atomic E-state index is 13.1. The van der Waals surface area contributed by atoms with Crippen molar-refractivity contribution < 1.29 is 22.1 Å². The lowest BCUT2D eigenvalue weighted by Gasteiger charge is -2.27. The minimum atomic E-state index is -3.73. The van der Waals surface area contributed by atoms with E-state index in [0.29, 0.717) is 16.1 Å². The number of hydrogen-bond donors (Lipinski definition) is 0. The summed E-state index contributed by atoms with van der Waals surface area (Å²) in [6.07, 6.45) is 0. The fraction of sp³-hybridized carbons (Fsp3) is 0.350. The van der Waals surface area contributed by atoms with E-state index in [0.717, 1.165) is 0 Å². The fourth-order valence-corrected chi connectivity index (χ4v) is 3.59. The maximum absolute atomic E-state index is 13.1. The van der Waals surface area contributed by atoms with Crippen LogP contribution in [0.5, 0.6) is 11.5 Å². The molecule has 29 heavy (non-hydrogen) atoms. The molecule has 0 spiro atoms. The predicted molar refractivity (Wildman–Crippen MR) is 115 cm³/mol. The molecule has 0 N–H and O–H groups in total. The van der Waals surface area contributed by atoms with Crippen molar-refractivity contribution in [1.82, 2.24) is 4.90 Å². The van der Waals surface area contributed by atoms with Crippen LogP contribution in [0.15, 0.2) is 36.4 Å². The van der Waals surface area contributed by atoms with Gasteiger partial charge in [0, 0.05) is 17.6 Å². The van der Waals surface area contributed by atoms with Crippen molar-refractivity contribution in [2.45, 2.75) is 33.4 Å². The van der Waals surface area contributed by atoms with Crippen LogP contribution >= 0.6 is 23.2 Å². The van der Waals surface area contributed by atoms with Gasteiger partial charge in [0.25, 0.3) is 5.91 Å². The van der Waals surface area contributed by atoms with Crippen molar-refractivity contribution in [3.8, 4) is 11.5 Å². The van der Waals surface area contributed by atoms with Crippen molar-refractivity contribution >= 4 is 39.2 Å². The highest BCUT2D eigenvalue weighted by Crippen LogP contribution is 2.31. The van der Waals surface area contributed by atoms with Crippen molar-refractivity contribution in [2.75, 3.05) is 12.9 Å². The Morgan fingerprint density at radius 3 is 2.34 bits per heavy atom. The highest BCUT2D eigenvalue weighted by molar-refractivity contribution is 7.87. The van der Waals surface area contributed by atoms with E-state index >= 15 is 0 Å². The summed E-state index contributed by atoms with van der Waals surface area (Å²) in [5, 5.41) is 0.706. The van der Waals surface area contributed by atoms with Crippen molar-refractivity contribution in [3.05, 3.63) is 57.6 Å². The summed E-state index contributed by atoms with van der Waals surface area (Å²) in [6, 6.07) is 9.47. The van der Waals surface area contributed by atoms with E-state index in [-0.39, 0.29) is 40.8 Å². The van der Waals surface area contributed by atoms with Crippen molar-refractivity contribution in [2.24, 2.45) is 0 Å². The van der Waals surface area contributed by atoms with Crippen LogP contribution in [0.2, 0.25) is 10.0 Å². The van der Waals surface area contributed by atoms with Gasteiger partial charge in [0.2, 0.25) is 0 Å². The zero-order chi connectivity index (χ0) is 21.8. The number of methoxy groups -OCH3 is 1. The first kappa shape index (κ1) is 23.3. The van der Waals surface area contributed by atoms with Crippen LogP contribution in [0.25, 0.3) is 0 Å². The molecule has 9 heteroatoms. The third-order valence-corrected chi connectivity index (χ3v) is 5.89. The Labute approximate surface area is 181 Å². The molecule has 0 aliphatic rings. The third-order valence-electron chi connectivity index (χ3n) is 4.20. The number of halogens is 2. The number of amides is 1. The average molecular weight is 460 g/mol. The first-order chi connectivity index (χ1) is 13.6. The Morgan fingerprint density at radius 2 is 1.79 bits per heavy atom. The summed E-state index contributed by atoms with van der Waals surface area (Å²) in [6.45, 7) is 5.47. The smallest absolute Gasteiger partial charge is 0.309 e. The van der Waals surface area contributed by atoms with Crippen LogP contribution in [0.4, 0.5) is 0 Å². The molecule has 0 bridgehead atoms. The molecule has 0 heterocycles. The number of ether oxygens (including phenoxy) is 1. The second-order valence-corrected chi connectivity index (χ2v) is 9.27. The fourth-order valence-electron chi connectivity index (χ4n) is 2.58. The molecule has 2 rings (SSSR count). The monoisotopic (exact) mass is 459 g/mol. The molecule has 158 valence electrons. The molecule has 0 saturated heterocycles. The van der Waals surface area contributed by atoms with Crippen LogP contribution in [-0.2, 0) is 16.7 Å². The number of nitrogens with zero attached hydrogens (tertiary/aromatic N) is 1. The molecule has 0 aliphatic carbocycles. The van der Waals surface area contributed by atoms with Gasteiger partial charge >= 0.3 is 10.1 Å². The van der Waals surface area contributed by atoms with Gasteiger partial charge in [-0.15, -0.1) is 0 Å². The van der Waals surface area contributed by atoms with Crippen LogP contribution in [0.3, 0.4) is 0 Å². The lowest BCUT2D eigenvalue weighted by Crippen LogP contribution is -2.36. The molecular formula is C20H23Cl2NO5S. The zero-order valence-electron chi connectivity index (χ0n) is 16.6. The molecule has 0 fully saturated rings. The van der Waals surface area contributed by atoms with E-state index in [1.165, 1.54) is 20.1 Å². The average Bonchev–Trinajstić information content (AvgIpc) is 2.65. The molecular weight excluding hydrogens is 437 g/mol. The maximum Gasteiger partial charge on any atom is 0.309 e. The lowest BCUT2D eigenvalue weighted by atomic mass is 10.1. The summed E-state index contributed by atoms with van der Waals surface area (Å²) >= 11 is 12.1. The highest BCUT2D eigenvalue weighted by Gasteiger charge is 2.23. The second-order valence-electron chi connectivity index (χ2n) is 6.57. The minimum Gasteiger partial charge on any atom is -0.493 e. The Kier molecular flexibility index (Phi) is 7.80. The molecule has 0 saturated carbocycles. The largest absolute Gasteiger partial charge is 0.493 e. The lowest BCUT2D eigenvalue weighted by molar-refractivity contribution is 0.0690. The third kappa shape index (κ3) is 6.01. The van der Waals surface area contributed by atoms with Crippen molar-refractivity contribution in [1.29, 1.82) is 0 Å². The minimum absolute atomic E-state index is 0.0764. The van der Waals surface area contributed by atoms with Crippen molar-refractivity contribution in [3.63, 3.8) is 0 Å². The van der Waals surface area contributed by atoms with Gasteiger partial charge in [0.1, 0.15) is 0 Å². The standard InChI is InChI=1S/C20H23Cl2NO5S/c1-5-29(25,26)28-19-10-14(6-9-18(19)27-4)12-23(13(2)3)20(24)16-8-7-15(21)11-17(16)22/h6-11,13H,5,12H2,1-4H3. The number of carbonyl (C=O) groups is 1. The first-order valence-corrected chi connectivity index (χ1v) is 11.3. The quantitative estimate of drug-likeness (QED) is 0.530. The summed E-state index contributed by atoms with van der Waals surface area (Å²) in [5.41, 5.74) is 1.02. The number of rotatable bonds is 8. The predicted octanol–water partition coefficient (Wildman–Crippen LogP) is 4.78. The van der Waals surface area contributed by atoms with Gasteiger partial charge < -0.3 is 13.8 Å². The molecule has 0 atom stereocenters. The summed E-state index contributed by atoms with van der Waals surface area (Å²) < 4.78 is 34.1. The van der Waals surface area contributed by atoms with E-state index < -0.39 is 10.1 Å². The van der Waals surface area contributed by atoms with Gasteiger partial charge in [0.05, 0.1) is 23.4 Å². The van der Waals surface area contributed by atoms with E-state index in [9.17, 15) is 13.2 Å². The van der Waals surface area contributed by atoms with Crippen LogP contribution < -0.4 is 8.92 Å². The molecule has 6 nitrogen and oxygen atoms in total. The van der Waals surface area contributed by atoms with Gasteiger partial charge in [-0.3, -0.25) is 4.79 Å². The first-order valence-electron chi connectivity index (χ1n) is 8.93. The molecule has 0 aliphatic heterocycles. The second kappa shape index (κ2) is 9.69. The molecule has 0 unspecified atom stereocenters. The van der Waals surface area contributed by atoms with Crippen LogP contribution in [0, 0.1) is 0 Å². The van der Waals surface area contributed by atoms with E-state index in [2.05, 4.69) is 0 Å². The van der Waals surface area contributed by atoms with Crippen LogP contribution in [0.1, 0.15) is 36.7 Å². The molecule has 1 amide bonds. The topological polar surface area (TPSA) is 72.9 Å². The number of hydrogen-bond acceptors (Lipinski definition) is 5. The van der Waals surface area contributed by atoms with E-state index in [4.69, 9.17) is 32.1 Å². The van der Waals surface area contributed by atoms with Gasteiger partial charge in [-0.25, -0.2) is 0 Å². The van der Waals surface area contributed by atoms with Crippen LogP contribution in [-0.4, -0.2) is 38.1 Å². The SMILES string of the molecule is CCS(=O)(=O)Oc1cc(CN(C(=O)c2ccc(Cl)cc2Cl)C(C)C)ccc1OC. The Balaban J connectivity index is 2.36. The van der Waals surface area contributed by atoms with Gasteiger partial charge in [-0.1, -0.05) is 29.3 Å². The number of benzene rings is 2.